The first-order chi connectivity index (χ1) is 5.27. The van der Waals surface area contributed by atoms with Gasteiger partial charge < -0.3 is 4.74 Å². The van der Waals surface area contributed by atoms with Crippen LogP contribution in [0.15, 0.2) is 35.6 Å². The van der Waals surface area contributed by atoms with Crippen LogP contribution in [0.5, 0.6) is 0 Å². The smallest absolute Gasteiger partial charge is 0.220 e. The van der Waals surface area contributed by atoms with Gasteiger partial charge >= 0.3 is 0 Å². The topological polar surface area (TPSA) is 26.3 Å². The Morgan fingerprint density at radius 3 is 2.73 bits per heavy atom. The second-order valence-corrected chi connectivity index (χ2v) is 2.20. The lowest BCUT2D eigenvalue weighted by molar-refractivity contribution is -0.114. The second kappa shape index (κ2) is 3.19. The fourth-order valence-electron chi connectivity index (χ4n) is 0.864. The standard InChI is InChI=1S/C9H10O2/c1-3-7-4-5-8(10)9(6-7)11-2/h3-6H,1-2H3. The maximum atomic E-state index is 11.0. The van der Waals surface area contributed by atoms with Gasteiger partial charge in [0.2, 0.25) is 5.78 Å². The molecule has 0 bridgehead atoms. The van der Waals surface area contributed by atoms with Crippen molar-refractivity contribution in [3.05, 3.63) is 35.6 Å². The van der Waals surface area contributed by atoms with Crippen LogP contribution in [0.2, 0.25) is 0 Å². The third kappa shape index (κ3) is 1.58. The van der Waals surface area contributed by atoms with Crippen LogP contribution in [0.3, 0.4) is 0 Å². The first-order valence-electron chi connectivity index (χ1n) is 3.42. The van der Waals surface area contributed by atoms with Crippen molar-refractivity contribution in [1.82, 2.24) is 0 Å². The van der Waals surface area contributed by atoms with Crippen molar-refractivity contribution >= 4 is 5.78 Å². The van der Waals surface area contributed by atoms with E-state index < -0.39 is 0 Å². The number of hydrogen-bond donors (Lipinski definition) is 0. The molecule has 0 fully saturated rings. The quantitative estimate of drug-likeness (QED) is 0.567. The van der Waals surface area contributed by atoms with E-state index in [9.17, 15) is 4.79 Å². The third-order valence-electron chi connectivity index (χ3n) is 1.52. The number of hydrogen-bond acceptors (Lipinski definition) is 2. The average Bonchev–Trinajstić information content (AvgIpc) is 2.05. The van der Waals surface area contributed by atoms with Crippen molar-refractivity contribution in [2.75, 3.05) is 7.11 Å². The van der Waals surface area contributed by atoms with E-state index in [0.717, 1.165) is 5.57 Å². The maximum absolute atomic E-state index is 11.0. The van der Waals surface area contributed by atoms with Gasteiger partial charge in [-0.15, -0.1) is 0 Å². The Hall–Kier alpha value is -1.31. The zero-order valence-electron chi connectivity index (χ0n) is 6.63. The van der Waals surface area contributed by atoms with Crippen LogP contribution in [0.1, 0.15) is 6.92 Å². The molecule has 0 radical (unpaired) electrons. The summed E-state index contributed by atoms with van der Waals surface area (Å²) in [5.74, 6) is 0.332. The molecule has 1 aliphatic carbocycles. The Kier molecular flexibility index (Phi) is 2.26. The number of carbonyl (C=O) groups is 1. The summed E-state index contributed by atoms with van der Waals surface area (Å²) in [5.41, 5.74) is 1.00. The van der Waals surface area contributed by atoms with Crippen molar-refractivity contribution in [3.63, 3.8) is 0 Å². The molecular weight excluding hydrogens is 140 g/mol. The molecule has 2 heteroatoms. The summed E-state index contributed by atoms with van der Waals surface area (Å²) in [4.78, 5) is 11.0. The Labute approximate surface area is 65.9 Å². The van der Waals surface area contributed by atoms with Gasteiger partial charge in [0, 0.05) is 0 Å². The molecule has 1 aliphatic rings. The molecule has 1 rings (SSSR count). The third-order valence-corrected chi connectivity index (χ3v) is 1.52. The molecule has 0 spiro atoms. The van der Waals surface area contributed by atoms with E-state index in [1.807, 2.05) is 13.0 Å². The zero-order valence-corrected chi connectivity index (χ0v) is 6.63. The molecule has 11 heavy (non-hydrogen) atoms. The average molecular weight is 150 g/mol. The van der Waals surface area contributed by atoms with Crippen molar-refractivity contribution in [1.29, 1.82) is 0 Å². The van der Waals surface area contributed by atoms with Gasteiger partial charge in [-0.05, 0) is 24.6 Å². The Morgan fingerprint density at radius 1 is 1.45 bits per heavy atom. The first kappa shape index (κ1) is 7.79. The first-order valence-corrected chi connectivity index (χ1v) is 3.42. The molecule has 0 saturated carbocycles. The molecule has 0 unspecified atom stereocenters. The Balaban J connectivity index is 2.93. The van der Waals surface area contributed by atoms with E-state index in [4.69, 9.17) is 4.74 Å². The summed E-state index contributed by atoms with van der Waals surface area (Å²) in [7, 11) is 1.50. The van der Waals surface area contributed by atoms with Gasteiger partial charge in [0.25, 0.3) is 0 Å². The monoisotopic (exact) mass is 150 g/mol. The highest BCUT2D eigenvalue weighted by Crippen LogP contribution is 2.12. The lowest BCUT2D eigenvalue weighted by Crippen LogP contribution is -2.04. The van der Waals surface area contributed by atoms with Gasteiger partial charge in [-0.1, -0.05) is 12.2 Å². The van der Waals surface area contributed by atoms with Gasteiger partial charge in [-0.3, -0.25) is 4.79 Å². The molecule has 0 atom stereocenters. The van der Waals surface area contributed by atoms with E-state index >= 15 is 0 Å². The van der Waals surface area contributed by atoms with E-state index in [-0.39, 0.29) is 5.78 Å². The van der Waals surface area contributed by atoms with E-state index in [1.54, 1.807) is 12.2 Å². The summed E-state index contributed by atoms with van der Waals surface area (Å²) in [6, 6.07) is 0. The summed E-state index contributed by atoms with van der Waals surface area (Å²) >= 11 is 0. The van der Waals surface area contributed by atoms with Crippen LogP contribution in [0.4, 0.5) is 0 Å². The molecule has 0 aliphatic heterocycles. The molecular formula is C9H10O2. The van der Waals surface area contributed by atoms with Crippen molar-refractivity contribution < 1.29 is 9.53 Å². The van der Waals surface area contributed by atoms with Crippen LogP contribution in [-0.4, -0.2) is 12.9 Å². The van der Waals surface area contributed by atoms with Crippen LogP contribution in [0.25, 0.3) is 0 Å². The van der Waals surface area contributed by atoms with Crippen molar-refractivity contribution in [3.8, 4) is 0 Å². The Morgan fingerprint density at radius 2 is 2.18 bits per heavy atom. The molecule has 0 aromatic heterocycles. The van der Waals surface area contributed by atoms with E-state index in [1.165, 1.54) is 13.2 Å². The van der Waals surface area contributed by atoms with Crippen molar-refractivity contribution in [2.24, 2.45) is 0 Å². The predicted octanol–water partition coefficient (Wildman–Crippen LogP) is 1.60. The summed E-state index contributed by atoms with van der Waals surface area (Å²) in [6.07, 6.45) is 6.92. The minimum atomic E-state index is -0.0712. The van der Waals surface area contributed by atoms with Gasteiger partial charge in [0.15, 0.2) is 5.76 Å². The lowest BCUT2D eigenvalue weighted by Gasteiger charge is -2.06. The minimum Gasteiger partial charge on any atom is -0.493 e. The molecule has 0 N–H and O–H groups in total. The number of ketones is 1. The molecule has 0 aromatic rings. The van der Waals surface area contributed by atoms with Crippen LogP contribution in [0, 0.1) is 0 Å². The second-order valence-electron chi connectivity index (χ2n) is 2.20. The van der Waals surface area contributed by atoms with Crippen molar-refractivity contribution in [2.45, 2.75) is 6.92 Å². The Bertz CT molecular complexity index is 257. The largest absolute Gasteiger partial charge is 0.493 e. The summed E-state index contributed by atoms with van der Waals surface area (Å²) in [5, 5.41) is 0. The molecule has 0 heterocycles. The molecule has 0 amide bonds. The molecule has 0 saturated heterocycles. The van der Waals surface area contributed by atoms with Gasteiger partial charge in [-0.2, -0.15) is 0 Å². The number of rotatable bonds is 1. The summed E-state index contributed by atoms with van der Waals surface area (Å²) in [6.45, 7) is 1.92. The van der Waals surface area contributed by atoms with Crippen LogP contribution >= 0.6 is 0 Å². The predicted molar refractivity (Wildman–Crippen MR) is 43.0 cm³/mol. The van der Waals surface area contributed by atoms with Gasteiger partial charge in [0.1, 0.15) is 0 Å². The molecule has 0 aromatic carbocycles. The van der Waals surface area contributed by atoms with Gasteiger partial charge in [-0.25, -0.2) is 0 Å². The maximum Gasteiger partial charge on any atom is 0.220 e. The number of ether oxygens (including phenoxy) is 1. The molecule has 2 nitrogen and oxygen atoms in total. The number of carbonyl (C=O) groups excluding carboxylic acids is 1. The molecule has 58 valence electrons. The fraction of sp³-hybridized carbons (Fsp3) is 0.222. The van der Waals surface area contributed by atoms with Crippen LogP contribution < -0.4 is 0 Å². The fourth-order valence-corrected chi connectivity index (χ4v) is 0.864. The number of allylic oxidation sites excluding steroid dienone is 5. The normalized spacial score (nSPS) is 20.4. The highest BCUT2D eigenvalue weighted by molar-refractivity contribution is 6.04. The highest BCUT2D eigenvalue weighted by Gasteiger charge is 2.09. The lowest BCUT2D eigenvalue weighted by atomic mass is 10.1. The zero-order chi connectivity index (χ0) is 8.27. The number of methoxy groups -OCH3 is 1. The SMILES string of the molecule is CC=C1C=CC(=O)C(OC)=C1. The van der Waals surface area contributed by atoms with E-state index in [2.05, 4.69) is 0 Å². The summed E-state index contributed by atoms with van der Waals surface area (Å²) < 4.78 is 4.85. The highest BCUT2D eigenvalue weighted by atomic mass is 16.5. The van der Waals surface area contributed by atoms with Gasteiger partial charge in [0.05, 0.1) is 7.11 Å². The van der Waals surface area contributed by atoms with Crippen LogP contribution in [-0.2, 0) is 9.53 Å². The van der Waals surface area contributed by atoms with E-state index in [0.29, 0.717) is 5.76 Å². The minimum absolute atomic E-state index is 0.0712.